The van der Waals surface area contributed by atoms with Crippen LogP contribution in [0.15, 0.2) is 42.5 Å². The molecule has 0 saturated heterocycles. The number of nitrogens with zero attached hydrogens (tertiary/aromatic N) is 1. The second kappa shape index (κ2) is 7.71. The number of carbonyl (C=O) groups excluding carboxylic acids is 2. The van der Waals surface area contributed by atoms with E-state index in [0.717, 1.165) is 22.7 Å². The van der Waals surface area contributed by atoms with Gasteiger partial charge in [0.1, 0.15) is 12.4 Å². The molecule has 0 fully saturated rings. The average Bonchev–Trinajstić information content (AvgIpc) is 2.54. The molecular formula is C16H15ClFN3O4S. The van der Waals surface area contributed by atoms with Crippen LogP contribution in [0, 0.1) is 5.82 Å². The molecule has 0 aliphatic rings. The van der Waals surface area contributed by atoms with Crippen molar-refractivity contribution in [1.82, 2.24) is 0 Å². The van der Waals surface area contributed by atoms with Crippen molar-refractivity contribution in [3.8, 4) is 0 Å². The normalized spacial score (nSPS) is 11.0. The van der Waals surface area contributed by atoms with Crippen molar-refractivity contribution < 1.29 is 22.4 Å². The van der Waals surface area contributed by atoms with E-state index in [9.17, 15) is 22.4 Å². The molecule has 0 aliphatic heterocycles. The molecule has 138 valence electrons. The van der Waals surface area contributed by atoms with E-state index in [-0.39, 0.29) is 22.0 Å². The largest absolute Gasteiger partial charge is 0.366 e. The lowest BCUT2D eigenvalue weighted by Gasteiger charge is -2.22. The first-order valence-electron chi connectivity index (χ1n) is 7.21. The standard InChI is InChI=1S/C16H15ClFN3O4S/c1-26(24,25)21(10-6-7-13(18)12(17)8-10)9-15(22)20-14-5-3-2-4-11(14)16(19)23/h2-8H,9H2,1H3,(H2,19,23)(H,20,22). The van der Waals surface area contributed by atoms with Gasteiger partial charge in [-0.25, -0.2) is 12.8 Å². The molecular weight excluding hydrogens is 385 g/mol. The van der Waals surface area contributed by atoms with Gasteiger partial charge in [-0.3, -0.25) is 13.9 Å². The van der Waals surface area contributed by atoms with Gasteiger partial charge in [0.25, 0.3) is 5.91 Å². The summed E-state index contributed by atoms with van der Waals surface area (Å²) in [4.78, 5) is 23.7. The summed E-state index contributed by atoms with van der Waals surface area (Å²) in [6.07, 6.45) is 0.898. The van der Waals surface area contributed by atoms with Crippen LogP contribution in [-0.2, 0) is 14.8 Å². The zero-order valence-corrected chi connectivity index (χ0v) is 15.1. The summed E-state index contributed by atoms with van der Waals surface area (Å²) < 4.78 is 38.1. The number of anilines is 2. The molecule has 10 heteroatoms. The Hall–Kier alpha value is -2.65. The zero-order valence-electron chi connectivity index (χ0n) is 13.6. The van der Waals surface area contributed by atoms with Gasteiger partial charge in [-0.1, -0.05) is 23.7 Å². The van der Waals surface area contributed by atoms with Crippen LogP contribution in [0.25, 0.3) is 0 Å². The van der Waals surface area contributed by atoms with Crippen LogP contribution in [0.2, 0.25) is 5.02 Å². The first-order valence-corrected chi connectivity index (χ1v) is 9.43. The highest BCUT2D eigenvalue weighted by atomic mass is 35.5. The van der Waals surface area contributed by atoms with Crippen molar-refractivity contribution in [2.75, 3.05) is 22.4 Å². The maximum atomic E-state index is 13.3. The third-order valence-corrected chi connectivity index (χ3v) is 4.78. The Morgan fingerprint density at radius 1 is 1.23 bits per heavy atom. The molecule has 0 radical (unpaired) electrons. The highest BCUT2D eigenvalue weighted by Gasteiger charge is 2.22. The third-order valence-electron chi connectivity index (χ3n) is 3.35. The Kier molecular flexibility index (Phi) is 5.83. The summed E-state index contributed by atoms with van der Waals surface area (Å²) in [6.45, 7) is -0.603. The van der Waals surface area contributed by atoms with Crippen LogP contribution in [0.5, 0.6) is 0 Å². The van der Waals surface area contributed by atoms with Crippen LogP contribution in [0.4, 0.5) is 15.8 Å². The Morgan fingerprint density at radius 3 is 2.46 bits per heavy atom. The summed E-state index contributed by atoms with van der Waals surface area (Å²) in [6, 6.07) is 9.31. The third kappa shape index (κ3) is 4.70. The fourth-order valence-corrected chi connectivity index (χ4v) is 3.19. The summed E-state index contributed by atoms with van der Waals surface area (Å²) >= 11 is 5.68. The van der Waals surface area contributed by atoms with Crippen molar-refractivity contribution in [2.24, 2.45) is 5.73 Å². The zero-order chi connectivity index (χ0) is 19.5. The van der Waals surface area contributed by atoms with Gasteiger partial charge >= 0.3 is 0 Å². The second-order valence-electron chi connectivity index (χ2n) is 5.33. The maximum absolute atomic E-state index is 13.3. The van der Waals surface area contributed by atoms with Gasteiger partial charge in [-0.2, -0.15) is 0 Å². The van der Waals surface area contributed by atoms with Crippen LogP contribution < -0.4 is 15.4 Å². The summed E-state index contributed by atoms with van der Waals surface area (Å²) in [5.41, 5.74) is 5.49. The van der Waals surface area contributed by atoms with Gasteiger partial charge in [-0.15, -0.1) is 0 Å². The molecule has 0 atom stereocenters. The monoisotopic (exact) mass is 399 g/mol. The number of nitrogens with two attached hydrogens (primary N) is 1. The molecule has 0 saturated carbocycles. The van der Waals surface area contributed by atoms with E-state index < -0.39 is 34.2 Å². The number of primary amides is 1. The number of amides is 2. The molecule has 0 aromatic heterocycles. The number of rotatable bonds is 6. The van der Waals surface area contributed by atoms with E-state index in [4.69, 9.17) is 17.3 Å². The fraction of sp³-hybridized carbons (Fsp3) is 0.125. The quantitative estimate of drug-likeness (QED) is 0.773. The van der Waals surface area contributed by atoms with Gasteiger partial charge in [0.2, 0.25) is 15.9 Å². The Balaban J connectivity index is 2.28. The first kappa shape index (κ1) is 19.7. The number of nitrogens with one attached hydrogen (secondary N) is 1. The van der Waals surface area contributed by atoms with Crippen molar-refractivity contribution in [3.05, 3.63) is 58.9 Å². The topological polar surface area (TPSA) is 110 Å². The fourth-order valence-electron chi connectivity index (χ4n) is 2.17. The second-order valence-corrected chi connectivity index (χ2v) is 7.64. The van der Waals surface area contributed by atoms with Gasteiger partial charge in [0.05, 0.1) is 28.2 Å². The van der Waals surface area contributed by atoms with Gasteiger partial charge in [-0.05, 0) is 30.3 Å². The minimum absolute atomic E-state index is 0.0252. The molecule has 2 aromatic carbocycles. The highest BCUT2D eigenvalue weighted by Crippen LogP contribution is 2.24. The molecule has 0 spiro atoms. The van der Waals surface area contributed by atoms with Gasteiger partial charge < -0.3 is 11.1 Å². The lowest BCUT2D eigenvalue weighted by atomic mass is 10.1. The molecule has 2 aromatic rings. The van der Waals surface area contributed by atoms with Crippen molar-refractivity contribution in [2.45, 2.75) is 0 Å². The molecule has 2 rings (SSSR count). The number of para-hydroxylation sites is 1. The van der Waals surface area contributed by atoms with E-state index >= 15 is 0 Å². The number of hydrogen-bond acceptors (Lipinski definition) is 4. The predicted molar refractivity (Wildman–Crippen MR) is 97.2 cm³/mol. The Bertz CT molecular complexity index is 966. The molecule has 0 heterocycles. The minimum Gasteiger partial charge on any atom is -0.366 e. The smallest absolute Gasteiger partial charge is 0.250 e. The summed E-state index contributed by atoms with van der Waals surface area (Å²) in [5.74, 6) is -2.18. The van der Waals surface area contributed by atoms with Crippen LogP contribution in [0.3, 0.4) is 0 Å². The summed E-state index contributed by atoms with van der Waals surface area (Å²) in [5, 5.41) is 2.16. The predicted octanol–water partition coefficient (Wildman–Crippen LogP) is 1.98. The average molecular weight is 400 g/mol. The molecule has 7 nitrogen and oxygen atoms in total. The lowest BCUT2D eigenvalue weighted by Crippen LogP contribution is -2.37. The summed E-state index contributed by atoms with van der Waals surface area (Å²) in [7, 11) is -3.86. The molecule has 0 bridgehead atoms. The molecule has 2 amide bonds. The van der Waals surface area contributed by atoms with E-state index in [2.05, 4.69) is 5.32 Å². The SMILES string of the molecule is CS(=O)(=O)N(CC(=O)Nc1ccccc1C(N)=O)c1ccc(F)c(Cl)c1. The van der Waals surface area contributed by atoms with E-state index in [1.165, 1.54) is 18.2 Å². The van der Waals surface area contributed by atoms with Crippen LogP contribution >= 0.6 is 11.6 Å². The molecule has 26 heavy (non-hydrogen) atoms. The number of carbonyl (C=O) groups is 2. The van der Waals surface area contributed by atoms with Crippen molar-refractivity contribution >= 4 is 44.8 Å². The maximum Gasteiger partial charge on any atom is 0.250 e. The number of benzene rings is 2. The van der Waals surface area contributed by atoms with Gasteiger partial charge in [0, 0.05) is 0 Å². The number of hydrogen-bond donors (Lipinski definition) is 2. The first-order chi connectivity index (χ1) is 12.1. The highest BCUT2D eigenvalue weighted by molar-refractivity contribution is 7.92. The van der Waals surface area contributed by atoms with Crippen molar-refractivity contribution in [3.63, 3.8) is 0 Å². The molecule has 0 aliphatic carbocycles. The Morgan fingerprint density at radius 2 is 1.88 bits per heavy atom. The van der Waals surface area contributed by atoms with E-state index in [1.807, 2.05) is 0 Å². The van der Waals surface area contributed by atoms with E-state index in [1.54, 1.807) is 12.1 Å². The van der Waals surface area contributed by atoms with Gasteiger partial charge in [0.15, 0.2) is 0 Å². The number of halogens is 2. The molecule has 3 N–H and O–H groups in total. The van der Waals surface area contributed by atoms with Crippen molar-refractivity contribution in [1.29, 1.82) is 0 Å². The van der Waals surface area contributed by atoms with Crippen LogP contribution in [-0.4, -0.2) is 33.0 Å². The minimum atomic E-state index is -3.86. The number of sulfonamides is 1. The van der Waals surface area contributed by atoms with E-state index in [0.29, 0.717) is 0 Å². The molecule has 0 unspecified atom stereocenters. The van der Waals surface area contributed by atoms with Crippen LogP contribution in [0.1, 0.15) is 10.4 Å². The lowest BCUT2D eigenvalue weighted by molar-refractivity contribution is -0.114. The Labute approximate surface area is 154 Å².